The fourth-order valence-electron chi connectivity index (χ4n) is 3.24. The molecule has 1 unspecified atom stereocenters. The molecule has 0 spiro atoms. The molecule has 1 aliphatic rings. The Hall–Kier alpha value is -2.38. The Kier molecular flexibility index (Phi) is 5.90. The van der Waals surface area contributed by atoms with Crippen LogP contribution in [0.5, 0.6) is 0 Å². The molecule has 0 fully saturated rings. The Morgan fingerprint density at radius 3 is 2.54 bits per heavy atom. The van der Waals surface area contributed by atoms with Crippen molar-refractivity contribution in [3.63, 3.8) is 0 Å². The van der Waals surface area contributed by atoms with E-state index >= 15 is 0 Å². The van der Waals surface area contributed by atoms with Crippen molar-refractivity contribution in [2.45, 2.75) is 25.8 Å². The van der Waals surface area contributed by atoms with Crippen LogP contribution in [0.4, 0.5) is 16.2 Å². The van der Waals surface area contributed by atoms with E-state index in [-0.39, 0.29) is 24.6 Å². The van der Waals surface area contributed by atoms with Gasteiger partial charge in [-0.15, -0.1) is 11.3 Å². The first-order chi connectivity index (χ1) is 12.6. The summed E-state index contributed by atoms with van der Waals surface area (Å²) in [5, 5.41) is 7.79. The maximum absolute atomic E-state index is 12.7. The molecule has 0 saturated carbocycles. The predicted molar refractivity (Wildman–Crippen MR) is 104 cm³/mol. The SMILES string of the molecule is CCC1c2ccsc2CCN1C(=O)Nc1ccc(NC(=O)COC)cc1. The largest absolute Gasteiger partial charge is 0.375 e. The van der Waals surface area contributed by atoms with Crippen LogP contribution in [0.25, 0.3) is 0 Å². The Morgan fingerprint density at radius 1 is 1.19 bits per heavy atom. The average Bonchev–Trinajstić information content (AvgIpc) is 3.11. The van der Waals surface area contributed by atoms with E-state index in [1.807, 2.05) is 4.90 Å². The predicted octanol–water partition coefficient (Wildman–Crippen LogP) is 3.87. The summed E-state index contributed by atoms with van der Waals surface area (Å²) in [5.41, 5.74) is 2.64. The van der Waals surface area contributed by atoms with Gasteiger partial charge in [-0.25, -0.2) is 4.79 Å². The minimum absolute atomic E-state index is 0.0103. The Morgan fingerprint density at radius 2 is 1.88 bits per heavy atom. The van der Waals surface area contributed by atoms with E-state index in [4.69, 9.17) is 4.74 Å². The van der Waals surface area contributed by atoms with Crippen LogP contribution in [0.1, 0.15) is 29.8 Å². The molecule has 7 heteroatoms. The molecule has 2 aromatic rings. The molecule has 2 heterocycles. The second kappa shape index (κ2) is 8.33. The van der Waals surface area contributed by atoms with Crippen LogP contribution in [0.2, 0.25) is 0 Å². The zero-order valence-electron chi connectivity index (χ0n) is 15.0. The van der Waals surface area contributed by atoms with Gasteiger partial charge in [-0.1, -0.05) is 6.92 Å². The second-order valence-corrected chi connectivity index (χ2v) is 7.16. The lowest BCUT2D eigenvalue weighted by molar-refractivity contribution is -0.119. The number of nitrogens with zero attached hydrogens (tertiary/aromatic N) is 1. The lowest BCUT2D eigenvalue weighted by Crippen LogP contribution is -2.41. The molecule has 0 bridgehead atoms. The molecular formula is C19H23N3O3S. The van der Waals surface area contributed by atoms with Gasteiger partial charge >= 0.3 is 6.03 Å². The summed E-state index contributed by atoms with van der Waals surface area (Å²) >= 11 is 1.77. The highest BCUT2D eigenvalue weighted by Crippen LogP contribution is 2.35. The van der Waals surface area contributed by atoms with Crippen molar-refractivity contribution in [3.8, 4) is 0 Å². The number of amides is 3. The third-order valence-corrected chi connectivity index (χ3v) is 5.43. The molecular weight excluding hydrogens is 350 g/mol. The molecule has 0 radical (unpaired) electrons. The van der Waals surface area contributed by atoms with Gasteiger partial charge in [0.1, 0.15) is 6.61 Å². The first-order valence-corrected chi connectivity index (χ1v) is 9.53. The smallest absolute Gasteiger partial charge is 0.322 e. The summed E-state index contributed by atoms with van der Waals surface area (Å²) in [7, 11) is 1.47. The van der Waals surface area contributed by atoms with Crippen molar-refractivity contribution >= 4 is 34.6 Å². The van der Waals surface area contributed by atoms with E-state index in [9.17, 15) is 9.59 Å². The lowest BCUT2D eigenvalue weighted by Gasteiger charge is -2.35. The summed E-state index contributed by atoms with van der Waals surface area (Å²) < 4.78 is 4.79. The van der Waals surface area contributed by atoms with Crippen LogP contribution in [0.3, 0.4) is 0 Å². The maximum Gasteiger partial charge on any atom is 0.322 e. The number of ether oxygens (including phenoxy) is 1. The monoisotopic (exact) mass is 373 g/mol. The topological polar surface area (TPSA) is 70.7 Å². The Labute approximate surface area is 157 Å². The highest BCUT2D eigenvalue weighted by Gasteiger charge is 2.30. The first kappa shape index (κ1) is 18.4. The van der Waals surface area contributed by atoms with E-state index in [1.54, 1.807) is 35.6 Å². The minimum Gasteiger partial charge on any atom is -0.375 e. The number of carbonyl (C=O) groups excluding carboxylic acids is 2. The van der Waals surface area contributed by atoms with E-state index < -0.39 is 0 Å². The number of anilines is 2. The van der Waals surface area contributed by atoms with Gasteiger partial charge in [-0.05, 0) is 54.1 Å². The Balaban J connectivity index is 1.64. The van der Waals surface area contributed by atoms with Gasteiger partial charge in [0.25, 0.3) is 0 Å². The number of urea groups is 1. The average molecular weight is 373 g/mol. The molecule has 1 aromatic heterocycles. The van der Waals surface area contributed by atoms with E-state index in [2.05, 4.69) is 29.0 Å². The molecule has 0 aliphatic carbocycles. The zero-order chi connectivity index (χ0) is 18.5. The number of carbonyl (C=O) groups is 2. The molecule has 0 saturated heterocycles. The van der Waals surface area contributed by atoms with Crippen LogP contribution in [-0.2, 0) is 16.0 Å². The fraction of sp³-hybridized carbons (Fsp3) is 0.368. The summed E-state index contributed by atoms with van der Waals surface area (Å²) in [5.74, 6) is -0.213. The quantitative estimate of drug-likeness (QED) is 0.836. The van der Waals surface area contributed by atoms with Gasteiger partial charge < -0.3 is 20.3 Å². The van der Waals surface area contributed by atoms with Crippen molar-refractivity contribution in [1.29, 1.82) is 0 Å². The van der Waals surface area contributed by atoms with Gasteiger partial charge in [0.05, 0.1) is 6.04 Å². The number of hydrogen-bond donors (Lipinski definition) is 2. The molecule has 1 atom stereocenters. The number of benzene rings is 1. The lowest BCUT2D eigenvalue weighted by atomic mass is 9.98. The molecule has 6 nitrogen and oxygen atoms in total. The van der Waals surface area contributed by atoms with Gasteiger partial charge in [0.2, 0.25) is 5.91 Å². The first-order valence-electron chi connectivity index (χ1n) is 8.65. The number of nitrogens with one attached hydrogen (secondary N) is 2. The van der Waals surface area contributed by atoms with Gasteiger partial charge in [0.15, 0.2) is 0 Å². The standard InChI is InChI=1S/C19H23N3O3S/c1-3-16-15-9-11-26-17(15)8-10-22(16)19(24)21-14-6-4-13(5-7-14)20-18(23)12-25-2/h4-7,9,11,16H,3,8,10,12H2,1-2H3,(H,20,23)(H,21,24). The summed E-state index contributed by atoms with van der Waals surface area (Å²) in [4.78, 5) is 27.6. The zero-order valence-corrected chi connectivity index (χ0v) is 15.8. The number of rotatable bonds is 5. The van der Waals surface area contributed by atoms with E-state index in [0.29, 0.717) is 11.4 Å². The number of fused-ring (bicyclic) bond motifs is 1. The molecule has 26 heavy (non-hydrogen) atoms. The third-order valence-electron chi connectivity index (χ3n) is 4.44. The van der Waals surface area contributed by atoms with Gasteiger partial charge in [-0.3, -0.25) is 4.79 Å². The van der Waals surface area contributed by atoms with Gasteiger partial charge in [0, 0.05) is 29.9 Å². The van der Waals surface area contributed by atoms with Gasteiger partial charge in [-0.2, -0.15) is 0 Å². The number of thiophene rings is 1. The van der Waals surface area contributed by atoms with E-state index in [0.717, 1.165) is 19.4 Å². The number of hydrogen-bond acceptors (Lipinski definition) is 4. The van der Waals surface area contributed by atoms with Crippen LogP contribution in [0.15, 0.2) is 35.7 Å². The maximum atomic E-state index is 12.7. The second-order valence-electron chi connectivity index (χ2n) is 6.16. The highest BCUT2D eigenvalue weighted by molar-refractivity contribution is 7.10. The van der Waals surface area contributed by atoms with Crippen LogP contribution >= 0.6 is 11.3 Å². The number of methoxy groups -OCH3 is 1. The highest BCUT2D eigenvalue weighted by atomic mass is 32.1. The van der Waals surface area contributed by atoms with Crippen molar-refractivity contribution < 1.29 is 14.3 Å². The molecule has 1 aromatic carbocycles. The van der Waals surface area contributed by atoms with Crippen molar-refractivity contribution in [3.05, 3.63) is 46.2 Å². The van der Waals surface area contributed by atoms with Crippen LogP contribution < -0.4 is 10.6 Å². The van der Waals surface area contributed by atoms with Crippen molar-refractivity contribution in [2.24, 2.45) is 0 Å². The minimum atomic E-state index is -0.213. The third kappa shape index (κ3) is 4.05. The molecule has 3 amide bonds. The van der Waals surface area contributed by atoms with Crippen molar-refractivity contribution in [2.75, 3.05) is 30.9 Å². The summed E-state index contributed by atoms with van der Waals surface area (Å²) in [6, 6.07) is 9.23. The molecule has 2 N–H and O–H groups in total. The summed E-state index contributed by atoms with van der Waals surface area (Å²) in [6.07, 6.45) is 1.79. The molecule has 3 rings (SSSR count). The van der Waals surface area contributed by atoms with E-state index in [1.165, 1.54) is 17.6 Å². The summed E-state index contributed by atoms with van der Waals surface area (Å²) in [6.45, 7) is 2.84. The normalized spacial score (nSPS) is 16.1. The molecule has 138 valence electrons. The van der Waals surface area contributed by atoms with Crippen LogP contribution in [-0.4, -0.2) is 37.1 Å². The van der Waals surface area contributed by atoms with Crippen molar-refractivity contribution in [1.82, 2.24) is 4.90 Å². The van der Waals surface area contributed by atoms with Crippen LogP contribution in [0, 0.1) is 0 Å². The Bertz CT molecular complexity index is 773. The fourth-order valence-corrected chi connectivity index (χ4v) is 4.17. The molecule has 1 aliphatic heterocycles.